The van der Waals surface area contributed by atoms with Crippen molar-refractivity contribution in [3.63, 3.8) is 0 Å². The summed E-state index contributed by atoms with van der Waals surface area (Å²) < 4.78 is 87.3. The summed E-state index contributed by atoms with van der Waals surface area (Å²) in [7, 11) is 0. The van der Waals surface area contributed by atoms with Crippen molar-refractivity contribution in [1.29, 1.82) is 0 Å². The van der Waals surface area contributed by atoms with Crippen LogP contribution in [0.1, 0.15) is 56.9 Å². The molecule has 69 heavy (non-hydrogen) atoms. The van der Waals surface area contributed by atoms with E-state index in [1.54, 1.807) is 34.1 Å². The molecule has 2 fully saturated rings. The van der Waals surface area contributed by atoms with Crippen molar-refractivity contribution in [2.24, 2.45) is 0 Å². The number of aryl methyl sites for hydroxylation is 2. The fraction of sp³-hybridized carbons (Fsp3) is 0.321. The maximum atomic E-state index is 12.7. The smallest absolute Gasteiger partial charge is 0.410 e. The van der Waals surface area contributed by atoms with Crippen molar-refractivity contribution in [2.45, 2.75) is 51.5 Å². The molecule has 4 aromatic carbocycles. The van der Waals surface area contributed by atoms with Crippen molar-refractivity contribution in [2.75, 3.05) is 58.9 Å². The highest BCUT2D eigenvalue weighted by atomic mass is 19.4. The zero-order chi connectivity index (χ0) is 48.8. The summed E-state index contributed by atoms with van der Waals surface area (Å²) in [6.07, 6.45) is -4.66. The highest BCUT2D eigenvalue weighted by molar-refractivity contribution is 5.71. The number of carbonyl (C=O) groups is 2. The lowest BCUT2D eigenvalue weighted by atomic mass is 10.0. The minimum atomic E-state index is -4.34. The first-order valence-electron chi connectivity index (χ1n) is 22.8. The van der Waals surface area contributed by atoms with Gasteiger partial charge in [0.25, 0.3) is 0 Å². The second kappa shape index (κ2) is 23.5. The van der Waals surface area contributed by atoms with Crippen LogP contribution < -0.4 is 9.47 Å². The van der Waals surface area contributed by atoms with Gasteiger partial charge in [-0.05, 0) is 134 Å². The van der Waals surface area contributed by atoms with Crippen LogP contribution in [0.2, 0.25) is 0 Å². The number of carbonyl (C=O) groups excluding carboxylic acids is 2. The van der Waals surface area contributed by atoms with Gasteiger partial charge in [0, 0.05) is 76.5 Å². The van der Waals surface area contributed by atoms with Gasteiger partial charge in [-0.15, -0.1) is 0 Å². The van der Waals surface area contributed by atoms with E-state index in [2.05, 4.69) is 19.8 Å². The predicted octanol–water partition coefficient (Wildman–Crippen LogP) is 10.8. The van der Waals surface area contributed by atoms with Crippen LogP contribution in [0, 0.1) is 6.92 Å². The van der Waals surface area contributed by atoms with Gasteiger partial charge in [0.2, 0.25) is 0 Å². The Hall–Kier alpha value is -6.78. The fourth-order valence-electron chi connectivity index (χ4n) is 7.97. The van der Waals surface area contributed by atoms with Crippen LogP contribution in [0.15, 0.2) is 140 Å². The van der Waals surface area contributed by atoms with E-state index in [4.69, 9.17) is 9.47 Å². The van der Waals surface area contributed by atoms with Crippen LogP contribution in [-0.2, 0) is 38.2 Å². The minimum absolute atomic E-state index is 0.367. The largest absolute Gasteiger partial charge is 0.416 e. The lowest BCUT2D eigenvalue weighted by Gasteiger charge is -2.34. The molecule has 362 valence electrons. The molecule has 0 unspecified atom stereocenters. The van der Waals surface area contributed by atoms with E-state index >= 15 is 0 Å². The van der Waals surface area contributed by atoms with Crippen LogP contribution in [0.3, 0.4) is 0 Å². The SMILES string of the molecule is Cc1cccc(CN2CCN(C(=O)Oc3ccc(Cc4ccc(C(F)(F)F)cc4)cc3)CC2)n1.O=C(Oc1ccc(Cc2ccc(C(F)(F)F)cc2)cc1)N1CCN(CCCc2ccccn2)CC1. The first-order chi connectivity index (χ1) is 33.1. The van der Waals surface area contributed by atoms with Gasteiger partial charge >= 0.3 is 24.5 Å². The number of amides is 2. The molecule has 0 atom stereocenters. The molecule has 0 bridgehead atoms. The molecule has 4 heterocycles. The maximum Gasteiger partial charge on any atom is 0.416 e. The van der Waals surface area contributed by atoms with Gasteiger partial charge in [0.05, 0.1) is 16.8 Å². The van der Waals surface area contributed by atoms with Crippen molar-refractivity contribution in [3.8, 4) is 11.5 Å². The van der Waals surface area contributed by atoms with Crippen molar-refractivity contribution >= 4 is 12.2 Å². The van der Waals surface area contributed by atoms with E-state index < -0.39 is 23.5 Å². The summed E-state index contributed by atoms with van der Waals surface area (Å²) in [5, 5.41) is 0. The average Bonchev–Trinajstić information content (AvgIpc) is 3.33. The standard InChI is InChI=1S/C27H28F3N3O2.C26H26F3N3O2/c28-27(29,30)23-10-6-21(7-11-23)20-22-8-12-25(13-9-22)35-26(34)33-18-16-32(17-19-33)15-3-5-24-4-1-2-14-31-24;1-19-3-2-4-23(30-19)18-31-13-15-32(16-14-31)25(33)34-24-11-7-21(8-12-24)17-20-5-9-22(10-6-20)26(27,28)29/h1-2,4,6-14H,3,5,15-20H2;2-12H,13-18H2,1H3. The summed E-state index contributed by atoms with van der Waals surface area (Å²) >= 11 is 0. The van der Waals surface area contributed by atoms with E-state index in [1.165, 1.54) is 24.3 Å². The van der Waals surface area contributed by atoms with Crippen molar-refractivity contribution < 1.29 is 45.4 Å². The van der Waals surface area contributed by atoms with Crippen LogP contribution in [0.5, 0.6) is 11.5 Å². The van der Waals surface area contributed by atoms with Crippen LogP contribution in [-0.4, -0.2) is 101 Å². The van der Waals surface area contributed by atoms with E-state index in [-0.39, 0.29) is 12.2 Å². The van der Waals surface area contributed by atoms with Crippen molar-refractivity contribution in [1.82, 2.24) is 29.6 Å². The number of piperazine rings is 2. The second-order valence-electron chi connectivity index (χ2n) is 17.1. The third-order valence-corrected chi connectivity index (χ3v) is 11.9. The van der Waals surface area contributed by atoms with Gasteiger partial charge in [-0.3, -0.25) is 19.8 Å². The zero-order valence-electron chi connectivity index (χ0n) is 38.3. The Morgan fingerprint density at radius 3 is 1.38 bits per heavy atom. The summed E-state index contributed by atoms with van der Waals surface area (Å²) in [5.74, 6) is 0.886. The third-order valence-electron chi connectivity index (χ3n) is 11.9. The van der Waals surface area contributed by atoms with Gasteiger partial charge in [0.15, 0.2) is 0 Å². The number of rotatable bonds is 12. The molecule has 2 amide bonds. The molecule has 6 aromatic rings. The van der Waals surface area contributed by atoms with E-state index in [9.17, 15) is 35.9 Å². The maximum absolute atomic E-state index is 12.7. The molecular weight excluding hydrogens is 899 g/mol. The molecule has 0 saturated carbocycles. The van der Waals surface area contributed by atoms with Crippen molar-refractivity contribution in [3.05, 3.63) is 190 Å². The summed E-state index contributed by atoms with van der Waals surface area (Å²) in [5.41, 5.74) is 5.18. The predicted molar refractivity (Wildman–Crippen MR) is 250 cm³/mol. The Labute approximate surface area is 398 Å². The Morgan fingerprint density at radius 2 is 0.957 bits per heavy atom. The Kier molecular flexibility index (Phi) is 17.1. The molecule has 0 radical (unpaired) electrons. The number of hydrogen-bond acceptors (Lipinski definition) is 8. The molecule has 0 spiro atoms. The number of ether oxygens (including phenoxy) is 2. The number of pyridine rings is 2. The molecular formula is C53H54F6N6O4. The molecule has 8 rings (SSSR count). The monoisotopic (exact) mass is 952 g/mol. The first-order valence-corrected chi connectivity index (χ1v) is 22.8. The summed E-state index contributed by atoms with van der Waals surface area (Å²) in [6.45, 7) is 9.21. The van der Waals surface area contributed by atoms with Gasteiger partial charge < -0.3 is 19.3 Å². The topological polar surface area (TPSA) is 91.3 Å². The van der Waals surface area contributed by atoms with Gasteiger partial charge in [0.1, 0.15) is 11.5 Å². The number of hydrogen-bond donors (Lipinski definition) is 0. The quantitative estimate of drug-likeness (QED) is 0.112. The first kappa shape index (κ1) is 50.1. The second-order valence-corrected chi connectivity index (χ2v) is 17.1. The molecule has 2 aliphatic heterocycles. The number of benzene rings is 4. The van der Waals surface area contributed by atoms with Crippen LogP contribution in [0.25, 0.3) is 0 Å². The minimum Gasteiger partial charge on any atom is -0.410 e. The summed E-state index contributed by atoms with van der Waals surface area (Å²) in [6, 6.07) is 36.3. The van der Waals surface area contributed by atoms with E-state index in [1.807, 2.05) is 73.8 Å². The fourth-order valence-corrected chi connectivity index (χ4v) is 7.97. The van der Waals surface area contributed by atoms with Gasteiger partial charge in [-0.1, -0.05) is 60.7 Å². The average molecular weight is 953 g/mol. The molecule has 2 aliphatic rings. The molecule has 16 heteroatoms. The van der Waals surface area contributed by atoms with Gasteiger partial charge in [-0.25, -0.2) is 9.59 Å². The lowest BCUT2D eigenvalue weighted by molar-refractivity contribution is -0.138. The Balaban J connectivity index is 0.000000204. The van der Waals surface area contributed by atoms with Crippen LogP contribution in [0.4, 0.5) is 35.9 Å². The normalized spacial score (nSPS) is 14.7. The molecule has 0 aliphatic carbocycles. The number of alkyl halides is 6. The van der Waals surface area contributed by atoms with Gasteiger partial charge in [-0.2, -0.15) is 26.3 Å². The highest BCUT2D eigenvalue weighted by Gasteiger charge is 2.31. The molecule has 2 saturated heterocycles. The van der Waals surface area contributed by atoms with Crippen LogP contribution >= 0.6 is 0 Å². The summed E-state index contributed by atoms with van der Waals surface area (Å²) in [4.78, 5) is 42.0. The van der Waals surface area contributed by atoms with E-state index in [0.29, 0.717) is 50.5 Å². The third kappa shape index (κ3) is 15.6. The molecule has 0 N–H and O–H groups in total. The lowest BCUT2D eigenvalue weighted by Crippen LogP contribution is -2.49. The number of nitrogens with zero attached hydrogens (tertiary/aromatic N) is 6. The number of halogens is 6. The Morgan fingerprint density at radius 1 is 0.522 bits per heavy atom. The molecule has 2 aromatic heterocycles. The van der Waals surface area contributed by atoms with E-state index in [0.717, 1.165) is 116 Å². The highest BCUT2D eigenvalue weighted by Crippen LogP contribution is 2.31. The Bertz CT molecular complexity index is 2550. The zero-order valence-corrected chi connectivity index (χ0v) is 38.3. The number of aromatic nitrogens is 2. The molecule has 10 nitrogen and oxygen atoms in total.